The fourth-order valence-corrected chi connectivity index (χ4v) is 4.52. The van der Waals surface area contributed by atoms with Crippen LogP contribution in [0.25, 0.3) is 22.1 Å². The molecule has 2 aromatic carbocycles. The summed E-state index contributed by atoms with van der Waals surface area (Å²) in [6, 6.07) is 7.79. The Bertz CT molecular complexity index is 1320. The van der Waals surface area contributed by atoms with Crippen molar-refractivity contribution in [2.24, 2.45) is 0 Å². The van der Waals surface area contributed by atoms with Gasteiger partial charge in [0.25, 0.3) is 5.56 Å². The Balaban J connectivity index is 1.76. The summed E-state index contributed by atoms with van der Waals surface area (Å²) in [6.45, 7) is 4.31. The summed E-state index contributed by atoms with van der Waals surface area (Å²) in [7, 11) is 0. The lowest BCUT2D eigenvalue weighted by Gasteiger charge is -2.01. The zero-order valence-electron chi connectivity index (χ0n) is 14.0. The van der Waals surface area contributed by atoms with Crippen LogP contribution in [0.15, 0.2) is 33.5 Å². The summed E-state index contributed by atoms with van der Waals surface area (Å²) >= 11 is 4.93. The topological polar surface area (TPSA) is 52.8 Å². The number of benzene rings is 2. The molecule has 26 heavy (non-hydrogen) atoms. The standard InChI is InChI=1S/C19H13BrN2O3S/c1-9-3-13-14(4-10(9)2)22-18(23)17(26-19(22)21-13)6-11-5-15-16(7-12(11)20)25-8-24-15/h3-7H,8H2,1-2H3. The maximum Gasteiger partial charge on any atom is 0.274 e. The number of hydrogen-bond acceptors (Lipinski definition) is 5. The molecule has 1 aliphatic rings. The van der Waals surface area contributed by atoms with Crippen molar-refractivity contribution in [3.63, 3.8) is 0 Å². The number of aryl methyl sites for hydroxylation is 2. The first-order valence-electron chi connectivity index (χ1n) is 8.04. The molecule has 0 bridgehead atoms. The lowest BCUT2D eigenvalue weighted by Crippen LogP contribution is -2.22. The number of ether oxygens (including phenoxy) is 2. The highest BCUT2D eigenvalue weighted by Gasteiger charge is 2.17. The highest BCUT2D eigenvalue weighted by Crippen LogP contribution is 2.37. The Morgan fingerprint density at radius 2 is 1.88 bits per heavy atom. The maximum atomic E-state index is 13.0. The average Bonchev–Trinajstić information content (AvgIpc) is 3.25. The van der Waals surface area contributed by atoms with Gasteiger partial charge in [-0.15, -0.1) is 0 Å². The Labute approximate surface area is 160 Å². The number of halogens is 1. The van der Waals surface area contributed by atoms with Gasteiger partial charge >= 0.3 is 0 Å². The molecule has 0 amide bonds. The molecular formula is C19H13BrN2O3S. The van der Waals surface area contributed by atoms with Gasteiger partial charge in [-0.05, 0) is 60.9 Å². The van der Waals surface area contributed by atoms with E-state index in [1.54, 1.807) is 4.40 Å². The molecule has 1 aliphatic heterocycles. The first-order valence-corrected chi connectivity index (χ1v) is 9.65. The monoisotopic (exact) mass is 428 g/mol. The molecular weight excluding hydrogens is 416 g/mol. The first kappa shape index (κ1) is 15.8. The van der Waals surface area contributed by atoms with Gasteiger partial charge in [-0.1, -0.05) is 27.3 Å². The van der Waals surface area contributed by atoms with Crippen LogP contribution >= 0.6 is 27.3 Å². The summed E-state index contributed by atoms with van der Waals surface area (Å²) < 4.78 is 14.0. The summed E-state index contributed by atoms with van der Waals surface area (Å²) in [5, 5.41) is 0. The molecule has 2 aromatic heterocycles. The number of rotatable bonds is 1. The van der Waals surface area contributed by atoms with Crippen molar-refractivity contribution < 1.29 is 9.47 Å². The van der Waals surface area contributed by atoms with Gasteiger partial charge in [0.15, 0.2) is 16.5 Å². The van der Waals surface area contributed by atoms with E-state index in [2.05, 4.69) is 27.8 Å². The molecule has 7 heteroatoms. The molecule has 0 radical (unpaired) electrons. The van der Waals surface area contributed by atoms with Crippen LogP contribution in [0.5, 0.6) is 11.5 Å². The number of fused-ring (bicyclic) bond motifs is 4. The fraction of sp³-hybridized carbons (Fsp3) is 0.158. The highest BCUT2D eigenvalue weighted by molar-refractivity contribution is 9.10. The van der Waals surface area contributed by atoms with E-state index >= 15 is 0 Å². The van der Waals surface area contributed by atoms with E-state index in [1.165, 1.54) is 16.9 Å². The van der Waals surface area contributed by atoms with E-state index in [0.717, 1.165) is 26.6 Å². The van der Waals surface area contributed by atoms with Gasteiger partial charge in [0, 0.05) is 4.47 Å². The lowest BCUT2D eigenvalue weighted by atomic mass is 10.1. The molecule has 0 saturated carbocycles. The van der Waals surface area contributed by atoms with Gasteiger partial charge in [0.1, 0.15) is 0 Å². The van der Waals surface area contributed by atoms with Crippen molar-refractivity contribution in [3.8, 4) is 11.5 Å². The van der Waals surface area contributed by atoms with Crippen LogP contribution in [0.3, 0.4) is 0 Å². The number of aromatic nitrogens is 2. The van der Waals surface area contributed by atoms with Crippen molar-refractivity contribution in [1.29, 1.82) is 0 Å². The summed E-state index contributed by atoms with van der Waals surface area (Å²) in [6.07, 6.45) is 1.86. The van der Waals surface area contributed by atoms with Crippen molar-refractivity contribution in [3.05, 3.63) is 60.3 Å². The molecule has 5 nitrogen and oxygen atoms in total. The second kappa shape index (κ2) is 5.56. The molecule has 0 aliphatic carbocycles. The number of hydrogen-bond donors (Lipinski definition) is 0. The van der Waals surface area contributed by atoms with Crippen molar-refractivity contribution in [1.82, 2.24) is 9.38 Å². The Morgan fingerprint density at radius 1 is 1.15 bits per heavy atom. The van der Waals surface area contributed by atoms with Gasteiger partial charge in [0.05, 0.1) is 15.6 Å². The van der Waals surface area contributed by atoms with Crippen LogP contribution in [-0.2, 0) is 0 Å². The molecule has 130 valence electrons. The predicted octanol–water partition coefficient (Wildman–Crippen LogP) is 3.56. The van der Waals surface area contributed by atoms with E-state index < -0.39 is 0 Å². The molecule has 4 aromatic rings. The number of nitrogens with zero attached hydrogens (tertiary/aromatic N) is 2. The Morgan fingerprint density at radius 3 is 2.69 bits per heavy atom. The normalized spacial score (nSPS) is 14.0. The third kappa shape index (κ3) is 2.27. The van der Waals surface area contributed by atoms with E-state index in [9.17, 15) is 4.79 Å². The van der Waals surface area contributed by atoms with Crippen molar-refractivity contribution in [2.75, 3.05) is 6.79 Å². The number of imidazole rings is 1. The molecule has 3 heterocycles. The van der Waals surface area contributed by atoms with Gasteiger partial charge in [-0.2, -0.15) is 0 Å². The summed E-state index contributed by atoms with van der Waals surface area (Å²) in [5.41, 5.74) is 4.84. The van der Waals surface area contributed by atoms with Crippen LogP contribution in [0.2, 0.25) is 0 Å². The zero-order valence-corrected chi connectivity index (χ0v) is 16.4. The lowest BCUT2D eigenvalue weighted by molar-refractivity contribution is 0.174. The van der Waals surface area contributed by atoms with Crippen LogP contribution in [0.4, 0.5) is 0 Å². The van der Waals surface area contributed by atoms with E-state index in [-0.39, 0.29) is 12.4 Å². The van der Waals surface area contributed by atoms with Crippen molar-refractivity contribution in [2.45, 2.75) is 13.8 Å². The zero-order chi connectivity index (χ0) is 18.0. The van der Waals surface area contributed by atoms with Crippen LogP contribution in [0.1, 0.15) is 16.7 Å². The van der Waals surface area contributed by atoms with E-state index in [4.69, 9.17) is 9.47 Å². The maximum absolute atomic E-state index is 13.0. The molecule has 5 rings (SSSR count). The van der Waals surface area contributed by atoms with E-state index in [1.807, 2.05) is 37.3 Å². The van der Waals surface area contributed by atoms with Crippen LogP contribution in [-0.4, -0.2) is 16.2 Å². The fourth-order valence-electron chi connectivity index (χ4n) is 3.10. The molecule has 0 N–H and O–H groups in total. The molecule has 0 atom stereocenters. The van der Waals surface area contributed by atoms with Crippen LogP contribution in [0, 0.1) is 13.8 Å². The SMILES string of the molecule is Cc1cc2nc3sc(=Cc4cc5c(cc4Br)OCO5)c(=O)n3c2cc1C. The molecule has 0 spiro atoms. The van der Waals surface area contributed by atoms with Crippen LogP contribution < -0.4 is 19.6 Å². The van der Waals surface area contributed by atoms with E-state index in [0.29, 0.717) is 21.0 Å². The Kier molecular flexibility index (Phi) is 3.39. The van der Waals surface area contributed by atoms with Gasteiger partial charge < -0.3 is 9.47 Å². The molecule has 0 fully saturated rings. The third-order valence-corrected chi connectivity index (χ3v) is 6.29. The minimum Gasteiger partial charge on any atom is -0.454 e. The average molecular weight is 429 g/mol. The highest BCUT2D eigenvalue weighted by atomic mass is 79.9. The first-order chi connectivity index (χ1) is 12.5. The molecule has 0 unspecified atom stereocenters. The predicted molar refractivity (Wildman–Crippen MR) is 105 cm³/mol. The van der Waals surface area contributed by atoms with Gasteiger partial charge in [-0.25, -0.2) is 9.38 Å². The summed E-state index contributed by atoms with van der Waals surface area (Å²) in [4.78, 5) is 18.3. The summed E-state index contributed by atoms with van der Waals surface area (Å²) in [5.74, 6) is 1.39. The largest absolute Gasteiger partial charge is 0.454 e. The Hall–Kier alpha value is -2.38. The second-order valence-electron chi connectivity index (χ2n) is 6.30. The third-order valence-electron chi connectivity index (χ3n) is 4.63. The minimum atomic E-state index is -0.0553. The second-order valence-corrected chi connectivity index (χ2v) is 8.16. The number of thiazole rings is 1. The van der Waals surface area contributed by atoms with Gasteiger partial charge in [-0.3, -0.25) is 4.79 Å². The quantitative estimate of drug-likeness (QED) is 0.465. The van der Waals surface area contributed by atoms with Gasteiger partial charge in [0.2, 0.25) is 6.79 Å². The smallest absolute Gasteiger partial charge is 0.274 e. The minimum absolute atomic E-state index is 0.0553. The molecule has 0 saturated heterocycles. The van der Waals surface area contributed by atoms with Crippen molar-refractivity contribution >= 4 is 49.3 Å².